The third-order valence-electron chi connectivity index (χ3n) is 3.88. The zero-order valence-corrected chi connectivity index (χ0v) is 13.4. The molecule has 1 aromatic carbocycles. The van der Waals surface area contributed by atoms with Crippen molar-refractivity contribution in [2.45, 2.75) is 27.0 Å². The number of hydrogen-bond donors (Lipinski definition) is 1. The van der Waals surface area contributed by atoms with E-state index in [9.17, 15) is 4.79 Å². The van der Waals surface area contributed by atoms with Crippen molar-refractivity contribution in [3.63, 3.8) is 0 Å². The van der Waals surface area contributed by atoms with Gasteiger partial charge in [0.1, 0.15) is 24.7 Å². The molecule has 3 heterocycles. The Labute approximate surface area is 138 Å². The van der Waals surface area contributed by atoms with Crippen LogP contribution in [-0.4, -0.2) is 20.8 Å². The topological polar surface area (TPSA) is 82.2 Å². The number of anilines is 1. The van der Waals surface area contributed by atoms with E-state index in [1.165, 1.54) is 0 Å². The number of benzene rings is 1. The first-order valence-electron chi connectivity index (χ1n) is 7.62. The molecule has 0 saturated carbocycles. The van der Waals surface area contributed by atoms with Gasteiger partial charge < -0.3 is 14.6 Å². The van der Waals surface area contributed by atoms with E-state index in [1.807, 2.05) is 25.1 Å². The van der Waals surface area contributed by atoms with E-state index < -0.39 is 0 Å². The van der Waals surface area contributed by atoms with Crippen LogP contribution in [0.1, 0.15) is 16.9 Å². The number of ether oxygens (including phenoxy) is 1. The van der Waals surface area contributed by atoms with Gasteiger partial charge in [-0.2, -0.15) is 5.10 Å². The van der Waals surface area contributed by atoms with Crippen LogP contribution < -0.4 is 10.1 Å². The summed E-state index contributed by atoms with van der Waals surface area (Å²) in [5.74, 6) is 1.64. The van der Waals surface area contributed by atoms with E-state index in [0.29, 0.717) is 18.2 Å². The lowest BCUT2D eigenvalue weighted by molar-refractivity contribution is -0.116. The van der Waals surface area contributed by atoms with Gasteiger partial charge >= 0.3 is 0 Å². The Morgan fingerprint density at radius 2 is 2.21 bits per heavy atom. The van der Waals surface area contributed by atoms with Gasteiger partial charge in [-0.25, -0.2) is 0 Å². The third-order valence-corrected chi connectivity index (χ3v) is 3.88. The van der Waals surface area contributed by atoms with Gasteiger partial charge in [-0.1, -0.05) is 16.8 Å². The highest BCUT2D eigenvalue weighted by Crippen LogP contribution is 2.37. The Bertz CT molecular complexity index is 926. The van der Waals surface area contributed by atoms with Crippen LogP contribution in [-0.2, 0) is 17.9 Å². The van der Waals surface area contributed by atoms with Crippen molar-refractivity contribution >= 4 is 11.7 Å². The monoisotopic (exact) mass is 324 g/mol. The summed E-state index contributed by atoms with van der Waals surface area (Å²) in [6, 6.07) is 7.67. The van der Waals surface area contributed by atoms with Crippen LogP contribution in [0.3, 0.4) is 0 Å². The molecule has 0 unspecified atom stereocenters. The predicted molar refractivity (Wildman–Crippen MR) is 86.6 cm³/mol. The van der Waals surface area contributed by atoms with E-state index in [1.54, 1.807) is 23.9 Å². The number of fused-ring (bicyclic) bond motifs is 3. The smallest absolute Gasteiger partial charge is 0.247 e. The Hall–Kier alpha value is -3.09. The fraction of sp³-hybridized carbons (Fsp3) is 0.235. The van der Waals surface area contributed by atoms with Gasteiger partial charge in [-0.3, -0.25) is 9.48 Å². The van der Waals surface area contributed by atoms with E-state index in [-0.39, 0.29) is 12.5 Å². The van der Waals surface area contributed by atoms with Crippen molar-refractivity contribution < 1.29 is 14.1 Å². The molecule has 7 heteroatoms. The highest BCUT2D eigenvalue weighted by atomic mass is 16.5. The quantitative estimate of drug-likeness (QED) is 0.801. The molecule has 0 saturated heterocycles. The molecule has 0 atom stereocenters. The summed E-state index contributed by atoms with van der Waals surface area (Å²) in [6.07, 6.45) is 1.74. The summed E-state index contributed by atoms with van der Waals surface area (Å²) in [5.41, 5.74) is 3.98. The zero-order valence-electron chi connectivity index (χ0n) is 13.4. The molecule has 1 aliphatic heterocycles. The molecule has 0 bridgehead atoms. The average Bonchev–Trinajstić information content (AvgIpc) is 3.14. The molecule has 3 aromatic rings. The molecule has 7 nitrogen and oxygen atoms in total. The van der Waals surface area contributed by atoms with Gasteiger partial charge in [-0.05, 0) is 26.0 Å². The van der Waals surface area contributed by atoms with Crippen molar-refractivity contribution in [1.29, 1.82) is 0 Å². The molecule has 0 aliphatic carbocycles. The van der Waals surface area contributed by atoms with Gasteiger partial charge in [0.25, 0.3) is 0 Å². The van der Waals surface area contributed by atoms with Crippen LogP contribution >= 0.6 is 0 Å². The molecule has 1 amide bonds. The number of hydrogen-bond acceptors (Lipinski definition) is 5. The second kappa shape index (κ2) is 5.52. The number of rotatable bonds is 3. The summed E-state index contributed by atoms with van der Waals surface area (Å²) in [7, 11) is 0. The molecule has 0 fully saturated rings. The van der Waals surface area contributed by atoms with Crippen molar-refractivity contribution in [3.05, 3.63) is 47.3 Å². The second-order valence-corrected chi connectivity index (χ2v) is 5.84. The van der Waals surface area contributed by atoms with Gasteiger partial charge in [0.2, 0.25) is 5.91 Å². The van der Waals surface area contributed by atoms with Gasteiger partial charge in [-0.15, -0.1) is 0 Å². The molecule has 0 spiro atoms. The van der Waals surface area contributed by atoms with Crippen LogP contribution in [0.25, 0.3) is 11.3 Å². The maximum atomic E-state index is 12.3. The average molecular weight is 324 g/mol. The molecule has 1 aliphatic rings. The summed E-state index contributed by atoms with van der Waals surface area (Å²) >= 11 is 0. The minimum atomic E-state index is -0.213. The minimum Gasteiger partial charge on any atom is -0.488 e. The van der Waals surface area contributed by atoms with Crippen LogP contribution in [0, 0.1) is 13.8 Å². The largest absolute Gasteiger partial charge is 0.488 e. The summed E-state index contributed by atoms with van der Waals surface area (Å²) in [5, 5.41) is 10.8. The Morgan fingerprint density at radius 1 is 1.33 bits per heavy atom. The zero-order chi connectivity index (χ0) is 16.7. The van der Waals surface area contributed by atoms with E-state index in [2.05, 4.69) is 15.6 Å². The first-order valence-corrected chi connectivity index (χ1v) is 7.62. The number of aromatic nitrogens is 3. The highest BCUT2D eigenvalue weighted by molar-refractivity contribution is 5.90. The van der Waals surface area contributed by atoms with Gasteiger partial charge in [0.05, 0.1) is 11.9 Å². The lowest BCUT2D eigenvalue weighted by Gasteiger charge is -2.19. The first-order chi connectivity index (χ1) is 11.6. The maximum Gasteiger partial charge on any atom is 0.247 e. The van der Waals surface area contributed by atoms with Crippen molar-refractivity contribution in [2.24, 2.45) is 0 Å². The maximum absolute atomic E-state index is 12.3. The fourth-order valence-corrected chi connectivity index (χ4v) is 2.82. The highest BCUT2D eigenvalue weighted by Gasteiger charge is 2.23. The number of carbonyl (C=O) groups excluding carboxylic acids is 1. The van der Waals surface area contributed by atoms with E-state index in [4.69, 9.17) is 9.26 Å². The molecular weight excluding hydrogens is 308 g/mol. The van der Waals surface area contributed by atoms with E-state index >= 15 is 0 Å². The molecule has 1 N–H and O–H groups in total. The standard InChI is InChI=1S/C17H16N4O3/c1-10-3-4-14-13(5-10)17-12(9-23-14)7-18-21(17)8-16(22)19-15-6-11(2)24-20-15/h3-7H,8-9H2,1-2H3,(H,19,20,22). The summed E-state index contributed by atoms with van der Waals surface area (Å²) in [6.45, 7) is 4.34. The van der Waals surface area contributed by atoms with Crippen molar-refractivity contribution in [2.75, 3.05) is 5.32 Å². The fourth-order valence-electron chi connectivity index (χ4n) is 2.82. The SMILES string of the molecule is Cc1ccc2c(c1)-c1c(cnn1CC(=O)Nc1cc(C)on1)CO2. The molecule has 24 heavy (non-hydrogen) atoms. The second-order valence-electron chi connectivity index (χ2n) is 5.84. The first kappa shape index (κ1) is 14.5. The summed E-state index contributed by atoms with van der Waals surface area (Å²) in [4.78, 5) is 12.3. The molecule has 0 radical (unpaired) electrons. The predicted octanol–water partition coefficient (Wildman–Crippen LogP) is 2.69. The van der Waals surface area contributed by atoms with Crippen LogP contribution in [0.5, 0.6) is 5.75 Å². The number of nitrogens with zero attached hydrogens (tertiary/aromatic N) is 3. The van der Waals surface area contributed by atoms with Crippen LogP contribution in [0.2, 0.25) is 0 Å². The van der Waals surface area contributed by atoms with Gasteiger partial charge in [0.15, 0.2) is 5.82 Å². The van der Waals surface area contributed by atoms with Crippen molar-refractivity contribution in [1.82, 2.24) is 14.9 Å². The number of nitrogens with one attached hydrogen (secondary N) is 1. The summed E-state index contributed by atoms with van der Waals surface area (Å²) < 4.78 is 12.4. The number of aryl methyl sites for hydroxylation is 2. The van der Waals surface area contributed by atoms with Crippen LogP contribution in [0.15, 0.2) is 35.0 Å². The Morgan fingerprint density at radius 3 is 3.00 bits per heavy atom. The lowest BCUT2D eigenvalue weighted by atomic mass is 10.0. The van der Waals surface area contributed by atoms with Crippen LogP contribution in [0.4, 0.5) is 5.82 Å². The minimum absolute atomic E-state index is 0.0919. The molecule has 122 valence electrons. The van der Waals surface area contributed by atoms with Gasteiger partial charge in [0, 0.05) is 17.2 Å². The Kier molecular flexibility index (Phi) is 3.34. The lowest BCUT2D eigenvalue weighted by Crippen LogP contribution is -2.21. The van der Waals surface area contributed by atoms with Crippen molar-refractivity contribution in [3.8, 4) is 17.0 Å². The molecule has 4 rings (SSSR count). The number of carbonyl (C=O) groups is 1. The third kappa shape index (κ3) is 2.54. The Balaban J connectivity index is 1.62. The molecular formula is C17H16N4O3. The molecule has 2 aromatic heterocycles. The van der Waals surface area contributed by atoms with E-state index in [0.717, 1.165) is 28.1 Å². The number of amides is 1. The normalized spacial score (nSPS) is 12.2.